The minimum Gasteiger partial charge on any atom is -0.352 e. The van der Waals surface area contributed by atoms with E-state index in [1.54, 1.807) is 30.3 Å². The molecule has 41 heavy (non-hydrogen) atoms. The highest BCUT2D eigenvalue weighted by molar-refractivity contribution is 7.92. The van der Waals surface area contributed by atoms with Gasteiger partial charge >= 0.3 is 0 Å². The fraction of sp³-hybridized carbons (Fsp3) is 0.355. The topological polar surface area (TPSA) is 86.8 Å². The number of benzene rings is 3. The van der Waals surface area contributed by atoms with Crippen molar-refractivity contribution in [2.75, 3.05) is 17.1 Å². The van der Waals surface area contributed by atoms with Gasteiger partial charge in [-0.05, 0) is 55.2 Å². The molecule has 0 aliphatic heterocycles. The highest BCUT2D eigenvalue weighted by Gasteiger charge is 2.34. The number of carbonyl (C=O) groups is 2. The summed E-state index contributed by atoms with van der Waals surface area (Å²) in [6.07, 6.45) is 1.26. The predicted molar refractivity (Wildman–Crippen MR) is 167 cm³/mol. The molecule has 0 spiro atoms. The average Bonchev–Trinajstić information content (AvgIpc) is 2.90. The van der Waals surface area contributed by atoms with Gasteiger partial charge in [0.2, 0.25) is 21.8 Å². The minimum absolute atomic E-state index is 0.0930. The molecule has 0 fully saturated rings. The van der Waals surface area contributed by atoms with Gasteiger partial charge in [-0.15, -0.1) is 0 Å². The predicted octanol–water partition coefficient (Wildman–Crippen LogP) is 6.05. The van der Waals surface area contributed by atoms with E-state index >= 15 is 0 Å². The van der Waals surface area contributed by atoms with Crippen LogP contribution in [0.2, 0.25) is 10.0 Å². The maximum Gasteiger partial charge on any atom is 0.244 e. The van der Waals surface area contributed by atoms with Crippen molar-refractivity contribution in [3.8, 4) is 0 Å². The van der Waals surface area contributed by atoms with Crippen molar-refractivity contribution in [1.29, 1.82) is 0 Å². The Hall–Kier alpha value is -3.07. The van der Waals surface area contributed by atoms with Crippen molar-refractivity contribution in [1.82, 2.24) is 10.2 Å². The number of hydrogen-bond donors (Lipinski definition) is 1. The SMILES string of the molecule is CC(C)NC(=O)C(Cc1ccccc1)N(Cc1c(Cl)cccc1Cl)C(=O)CN(c1ccc(C(C)C)cc1)S(C)(=O)=O. The lowest BCUT2D eigenvalue weighted by Crippen LogP contribution is -2.54. The van der Waals surface area contributed by atoms with Crippen molar-refractivity contribution >= 4 is 50.7 Å². The van der Waals surface area contributed by atoms with Crippen molar-refractivity contribution in [2.24, 2.45) is 0 Å². The van der Waals surface area contributed by atoms with E-state index in [1.165, 1.54) is 4.90 Å². The second-order valence-electron chi connectivity index (χ2n) is 10.6. The molecule has 220 valence electrons. The summed E-state index contributed by atoms with van der Waals surface area (Å²) in [5.41, 5.74) is 2.69. The zero-order chi connectivity index (χ0) is 30.3. The van der Waals surface area contributed by atoms with Crippen molar-refractivity contribution < 1.29 is 18.0 Å². The fourth-order valence-corrected chi connectivity index (χ4v) is 5.79. The summed E-state index contributed by atoms with van der Waals surface area (Å²) in [6, 6.07) is 20.3. The number of rotatable bonds is 12. The zero-order valence-electron chi connectivity index (χ0n) is 24.0. The first-order valence-electron chi connectivity index (χ1n) is 13.4. The lowest BCUT2D eigenvalue weighted by atomic mass is 10.0. The first kappa shape index (κ1) is 32.4. The van der Waals surface area contributed by atoms with Gasteiger partial charge in [-0.3, -0.25) is 13.9 Å². The van der Waals surface area contributed by atoms with Crippen LogP contribution in [0.25, 0.3) is 0 Å². The molecular weight excluding hydrogens is 581 g/mol. The Balaban J connectivity index is 2.09. The summed E-state index contributed by atoms with van der Waals surface area (Å²) in [5, 5.41) is 3.59. The molecule has 0 radical (unpaired) electrons. The number of hydrogen-bond acceptors (Lipinski definition) is 4. The van der Waals surface area contributed by atoms with E-state index < -0.39 is 28.5 Å². The molecule has 1 N–H and O–H groups in total. The molecular formula is C31H37Cl2N3O4S. The highest BCUT2D eigenvalue weighted by Crippen LogP contribution is 2.28. The van der Waals surface area contributed by atoms with E-state index in [4.69, 9.17) is 23.2 Å². The third-order valence-corrected chi connectivity index (χ3v) is 8.47. The maximum absolute atomic E-state index is 14.2. The molecule has 0 saturated heterocycles. The quantitative estimate of drug-likeness (QED) is 0.268. The molecule has 0 heterocycles. The van der Waals surface area contributed by atoms with Crippen LogP contribution in [0.5, 0.6) is 0 Å². The van der Waals surface area contributed by atoms with Gasteiger partial charge in [0.15, 0.2) is 0 Å². The van der Waals surface area contributed by atoms with Crippen LogP contribution >= 0.6 is 23.2 Å². The highest BCUT2D eigenvalue weighted by atomic mass is 35.5. The van der Waals surface area contributed by atoms with Crippen LogP contribution in [0.1, 0.15) is 50.3 Å². The summed E-state index contributed by atoms with van der Waals surface area (Å²) in [4.78, 5) is 29.1. The number of anilines is 1. The van der Waals surface area contributed by atoms with Gasteiger partial charge in [0.25, 0.3) is 0 Å². The van der Waals surface area contributed by atoms with Gasteiger partial charge < -0.3 is 10.2 Å². The third-order valence-electron chi connectivity index (χ3n) is 6.62. The Labute approximate surface area is 253 Å². The number of halogens is 2. The second-order valence-corrected chi connectivity index (χ2v) is 13.3. The second kappa shape index (κ2) is 14.2. The van der Waals surface area contributed by atoms with E-state index in [0.717, 1.165) is 21.7 Å². The van der Waals surface area contributed by atoms with E-state index in [9.17, 15) is 18.0 Å². The molecule has 1 unspecified atom stereocenters. The van der Waals surface area contributed by atoms with Crippen LogP contribution in [0, 0.1) is 0 Å². The largest absolute Gasteiger partial charge is 0.352 e. The summed E-state index contributed by atoms with van der Waals surface area (Å²) in [7, 11) is -3.86. The van der Waals surface area contributed by atoms with Gasteiger partial charge in [-0.25, -0.2) is 8.42 Å². The van der Waals surface area contributed by atoms with Crippen molar-refractivity contribution in [3.63, 3.8) is 0 Å². The van der Waals surface area contributed by atoms with Gasteiger partial charge in [0.05, 0.1) is 11.9 Å². The molecule has 0 saturated carbocycles. The molecule has 0 aliphatic carbocycles. The van der Waals surface area contributed by atoms with Gasteiger partial charge in [0, 0.05) is 34.6 Å². The van der Waals surface area contributed by atoms with E-state index in [0.29, 0.717) is 21.3 Å². The fourth-order valence-electron chi connectivity index (χ4n) is 4.43. The molecule has 10 heteroatoms. The normalized spacial score (nSPS) is 12.3. The molecule has 7 nitrogen and oxygen atoms in total. The molecule has 0 aliphatic rings. The Morgan fingerprint density at radius 3 is 1.95 bits per heavy atom. The summed E-state index contributed by atoms with van der Waals surface area (Å²) in [5.74, 6) is -0.682. The molecule has 3 aromatic rings. The van der Waals surface area contributed by atoms with Crippen LogP contribution in [0.4, 0.5) is 5.69 Å². The van der Waals surface area contributed by atoms with E-state index in [2.05, 4.69) is 5.32 Å². The van der Waals surface area contributed by atoms with Gasteiger partial charge in [-0.1, -0.05) is 85.6 Å². The van der Waals surface area contributed by atoms with Crippen molar-refractivity contribution in [2.45, 2.75) is 58.7 Å². The Morgan fingerprint density at radius 1 is 0.854 bits per heavy atom. The lowest BCUT2D eigenvalue weighted by molar-refractivity contribution is -0.140. The number of nitrogens with zero attached hydrogens (tertiary/aromatic N) is 2. The molecule has 1 atom stereocenters. The minimum atomic E-state index is -3.86. The number of amides is 2. The summed E-state index contributed by atoms with van der Waals surface area (Å²) < 4.78 is 27.0. The zero-order valence-corrected chi connectivity index (χ0v) is 26.3. The maximum atomic E-state index is 14.2. The van der Waals surface area contributed by atoms with Crippen LogP contribution < -0.4 is 9.62 Å². The average molecular weight is 619 g/mol. The molecule has 0 bridgehead atoms. The van der Waals surface area contributed by atoms with E-state index in [-0.39, 0.29) is 30.8 Å². The Morgan fingerprint density at radius 2 is 1.44 bits per heavy atom. The smallest absolute Gasteiger partial charge is 0.244 e. The van der Waals surface area contributed by atoms with Crippen LogP contribution in [0.15, 0.2) is 72.8 Å². The lowest BCUT2D eigenvalue weighted by Gasteiger charge is -2.34. The Kier molecular flexibility index (Phi) is 11.2. The number of carbonyl (C=O) groups excluding carboxylic acids is 2. The monoisotopic (exact) mass is 617 g/mol. The summed E-state index contributed by atoms with van der Waals surface area (Å²) >= 11 is 13.0. The standard InChI is InChI=1S/C31H37Cl2N3O4S/c1-21(2)24-14-16-25(17-15-24)36(41(5,39)40)20-30(37)35(19-26-27(32)12-9-13-28(26)33)29(31(38)34-22(3)4)18-23-10-7-6-8-11-23/h6-17,21-22,29H,18-20H2,1-5H3,(H,34,38). The number of nitrogens with one attached hydrogen (secondary N) is 1. The first-order chi connectivity index (χ1) is 19.3. The van der Waals surface area contributed by atoms with Crippen LogP contribution in [-0.4, -0.2) is 50.0 Å². The Bertz CT molecular complexity index is 1430. The van der Waals surface area contributed by atoms with Gasteiger partial charge in [0.1, 0.15) is 12.6 Å². The van der Waals surface area contributed by atoms with Gasteiger partial charge in [-0.2, -0.15) is 0 Å². The van der Waals surface area contributed by atoms with Crippen LogP contribution in [0.3, 0.4) is 0 Å². The number of sulfonamides is 1. The van der Waals surface area contributed by atoms with Crippen molar-refractivity contribution in [3.05, 3.63) is 99.5 Å². The third kappa shape index (κ3) is 8.96. The molecule has 3 rings (SSSR count). The molecule has 3 aromatic carbocycles. The van der Waals surface area contributed by atoms with E-state index in [1.807, 2.05) is 70.2 Å². The molecule has 0 aromatic heterocycles. The van der Waals surface area contributed by atoms with Crippen LogP contribution in [-0.2, 0) is 32.6 Å². The molecule has 2 amide bonds. The summed E-state index contributed by atoms with van der Waals surface area (Å²) in [6.45, 7) is 7.15. The first-order valence-corrected chi connectivity index (χ1v) is 16.0.